The van der Waals surface area contributed by atoms with E-state index in [2.05, 4.69) is 17.5 Å². The van der Waals surface area contributed by atoms with Crippen molar-refractivity contribution in [1.82, 2.24) is 5.32 Å². The first kappa shape index (κ1) is 7.33. The first-order chi connectivity index (χ1) is 5.92. The Labute approximate surface area is 71.8 Å². The molecule has 0 fully saturated rings. The fraction of sp³-hybridized carbons (Fsp3) is 0.300. The monoisotopic (exact) mass is 158 g/mol. The van der Waals surface area contributed by atoms with E-state index in [9.17, 15) is 0 Å². The third-order valence-corrected chi connectivity index (χ3v) is 2.24. The van der Waals surface area contributed by atoms with Crippen LogP contribution in [-0.4, -0.2) is 6.54 Å². The first-order valence-corrected chi connectivity index (χ1v) is 4.12. The van der Waals surface area contributed by atoms with Gasteiger partial charge in [-0.15, -0.1) is 0 Å². The van der Waals surface area contributed by atoms with E-state index in [0.717, 1.165) is 18.5 Å². The molecule has 12 heavy (non-hydrogen) atoms. The second-order valence-corrected chi connectivity index (χ2v) is 2.97. The molecule has 1 aromatic rings. The van der Waals surface area contributed by atoms with Gasteiger partial charge in [0.2, 0.25) is 0 Å². The van der Waals surface area contributed by atoms with E-state index < -0.39 is 0 Å². The standard InChI is InChI=1S/C10H10N2/c11-7-10-9-4-2-1-3-8(9)5-6-12-10/h1-4,10,12H,5-6H2. The summed E-state index contributed by atoms with van der Waals surface area (Å²) in [6.07, 6.45) is 1.04. The molecule has 0 amide bonds. The van der Waals surface area contributed by atoms with Crippen molar-refractivity contribution in [2.75, 3.05) is 6.54 Å². The van der Waals surface area contributed by atoms with Gasteiger partial charge in [-0.25, -0.2) is 0 Å². The van der Waals surface area contributed by atoms with Gasteiger partial charge in [0.05, 0.1) is 6.07 Å². The molecule has 2 nitrogen and oxygen atoms in total. The van der Waals surface area contributed by atoms with Crippen molar-refractivity contribution >= 4 is 0 Å². The molecule has 0 aliphatic carbocycles. The van der Waals surface area contributed by atoms with Crippen molar-refractivity contribution < 1.29 is 0 Å². The second-order valence-electron chi connectivity index (χ2n) is 2.97. The summed E-state index contributed by atoms with van der Waals surface area (Å²) in [4.78, 5) is 0. The lowest BCUT2D eigenvalue weighted by atomic mass is 9.95. The quantitative estimate of drug-likeness (QED) is 0.619. The molecule has 0 radical (unpaired) electrons. The van der Waals surface area contributed by atoms with Crippen LogP contribution in [0.15, 0.2) is 24.3 Å². The van der Waals surface area contributed by atoms with Gasteiger partial charge >= 0.3 is 0 Å². The van der Waals surface area contributed by atoms with E-state index in [1.807, 2.05) is 18.2 Å². The molecule has 0 spiro atoms. The topological polar surface area (TPSA) is 35.8 Å². The molecule has 2 heteroatoms. The Morgan fingerprint density at radius 3 is 3.08 bits per heavy atom. The summed E-state index contributed by atoms with van der Waals surface area (Å²) in [5.41, 5.74) is 2.45. The summed E-state index contributed by atoms with van der Waals surface area (Å²) in [6, 6.07) is 10.3. The molecule has 60 valence electrons. The lowest BCUT2D eigenvalue weighted by Crippen LogP contribution is -2.28. The van der Waals surface area contributed by atoms with Crippen molar-refractivity contribution in [2.45, 2.75) is 12.5 Å². The highest BCUT2D eigenvalue weighted by atomic mass is 14.9. The fourth-order valence-electron chi connectivity index (χ4n) is 1.62. The Bertz CT molecular complexity index is 325. The smallest absolute Gasteiger partial charge is 0.121 e. The SMILES string of the molecule is N#CC1NCCc2ccccc21. The van der Waals surface area contributed by atoms with Gasteiger partial charge < -0.3 is 0 Å². The summed E-state index contributed by atoms with van der Waals surface area (Å²) in [5, 5.41) is 12.0. The van der Waals surface area contributed by atoms with Crippen LogP contribution in [0.3, 0.4) is 0 Å². The number of nitrogens with zero attached hydrogens (tertiary/aromatic N) is 1. The summed E-state index contributed by atoms with van der Waals surface area (Å²) in [5.74, 6) is 0. The van der Waals surface area contributed by atoms with Crippen LogP contribution in [0.4, 0.5) is 0 Å². The van der Waals surface area contributed by atoms with Crippen molar-refractivity contribution in [1.29, 1.82) is 5.26 Å². The van der Waals surface area contributed by atoms with Crippen LogP contribution in [0, 0.1) is 11.3 Å². The van der Waals surface area contributed by atoms with E-state index >= 15 is 0 Å². The number of fused-ring (bicyclic) bond motifs is 1. The molecule has 0 saturated carbocycles. The van der Waals surface area contributed by atoms with E-state index in [4.69, 9.17) is 5.26 Å². The highest BCUT2D eigenvalue weighted by molar-refractivity contribution is 5.35. The molecular weight excluding hydrogens is 148 g/mol. The molecule has 1 aromatic carbocycles. The Hall–Kier alpha value is -1.33. The minimum Gasteiger partial charge on any atom is -0.298 e. The summed E-state index contributed by atoms with van der Waals surface area (Å²) in [6.45, 7) is 0.912. The summed E-state index contributed by atoms with van der Waals surface area (Å²) in [7, 11) is 0. The third kappa shape index (κ3) is 1.09. The lowest BCUT2D eigenvalue weighted by molar-refractivity contribution is 0.590. The normalized spacial score (nSPS) is 21.1. The largest absolute Gasteiger partial charge is 0.298 e. The van der Waals surface area contributed by atoms with Crippen molar-refractivity contribution in [3.63, 3.8) is 0 Å². The summed E-state index contributed by atoms with van der Waals surface area (Å²) < 4.78 is 0. The second kappa shape index (κ2) is 2.96. The van der Waals surface area contributed by atoms with Gasteiger partial charge in [0.15, 0.2) is 0 Å². The molecule has 0 saturated heterocycles. The molecule has 1 heterocycles. The average Bonchev–Trinajstić information content (AvgIpc) is 2.17. The Morgan fingerprint density at radius 1 is 1.42 bits per heavy atom. The van der Waals surface area contributed by atoms with Gasteiger partial charge in [-0.05, 0) is 17.5 Å². The highest BCUT2D eigenvalue weighted by Gasteiger charge is 2.17. The lowest BCUT2D eigenvalue weighted by Gasteiger charge is -2.21. The van der Waals surface area contributed by atoms with Crippen LogP contribution in [0.5, 0.6) is 0 Å². The molecule has 0 bridgehead atoms. The zero-order valence-corrected chi connectivity index (χ0v) is 6.75. The maximum Gasteiger partial charge on any atom is 0.121 e. The molecular formula is C10H10N2. The molecule has 2 rings (SSSR count). The Morgan fingerprint density at radius 2 is 2.25 bits per heavy atom. The highest BCUT2D eigenvalue weighted by Crippen LogP contribution is 2.21. The van der Waals surface area contributed by atoms with Gasteiger partial charge in [-0.1, -0.05) is 24.3 Å². The predicted molar refractivity (Wildman–Crippen MR) is 46.5 cm³/mol. The van der Waals surface area contributed by atoms with Gasteiger partial charge in [-0.3, -0.25) is 5.32 Å². The van der Waals surface area contributed by atoms with Crippen LogP contribution in [-0.2, 0) is 6.42 Å². The Balaban J connectivity index is 2.45. The van der Waals surface area contributed by atoms with Crippen molar-refractivity contribution in [3.05, 3.63) is 35.4 Å². The molecule has 1 aliphatic rings. The molecule has 0 aromatic heterocycles. The maximum absolute atomic E-state index is 8.83. The number of hydrogen-bond acceptors (Lipinski definition) is 2. The van der Waals surface area contributed by atoms with Gasteiger partial charge in [0.25, 0.3) is 0 Å². The van der Waals surface area contributed by atoms with Crippen LogP contribution in [0.2, 0.25) is 0 Å². The minimum absolute atomic E-state index is 0.102. The van der Waals surface area contributed by atoms with Crippen molar-refractivity contribution in [2.24, 2.45) is 0 Å². The summed E-state index contributed by atoms with van der Waals surface area (Å²) >= 11 is 0. The number of benzene rings is 1. The zero-order valence-electron chi connectivity index (χ0n) is 6.75. The van der Waals surface area contributed by atoms with E-state index in [1.54, 1.807) is 0 Å². The van der Waals surface area contributed by atoms with E-state index in [-0.39, 0.29) is 6.04 Å². The minimum atomic E-state index is -0.102. The Kier molecular flexibility index (Phi) is 1.81. The van der Waals surface area contributed by atoms with Crippen LogP contribution in [0.1, 0.15) is 17.2 Å². The molecule has 1 N–H and O–H groups in total. The number of rotatable bonds is 0. The van der Waals surface area contributed by atoms with Crippen molar-refractivity contribution in [3.8, 4) is 6.07 Å². The molecule has 1 aliphatic heterocycles. The molecule has 1 atom stereocenters. The van der Waals surface area contributed by atoms with Gasteiger partial charge in [0, 0.05) is 6.54 Å². The van der Waals surface area contributed by atoms with E-state index in [0.29, 0.717) is 0 Å². The van der Waals surface area contributed by atoms with Crippen LogP contribution >= 0.6 is 0 Å². The van der Waals surface area contributed by atoms with Gasteiger partial charge in [-0.2, -0.15) is 5.26 Å². The predicted octanol–water partition coefficient (Wildman–Crippen LogP) is 1.40. The first-order valence-electron chi connectivity index (χ1n) is 4.12. The average molecular weight is 158 g/mol. The number of nitrogens with one attached hydrogen (secondary N) is 1. The number of hydrogen-bond donors (Lipinski definition) is 1. The maximum atomic E-state index is 8.83. The zero-order chi connectivity index (χ0) is 8.39. The number of nitriles is 1. The van der Waals surface area contributed by atoms with Gasteiger partial charge in [0.1, 0.15) is 6.04 Å². The van der Waals surface area contributed by atoms with E-state index in [1.165, 1.54) is 5.56 Å². The fourth-order valence-corrected chi connectivity index (χ4v) is 1.62. The molecule has 1 unspecified atom stereocenters. The van der Waals surface area contributed by atoms with Crippen LogP contribution in [0.25, 0.3) is 0 Å². The van der Waals surface area contributed by atoms with Crippen LogP contribution < -0.4 is 5.32 Å². The third-order valence-electron chi connectivity index (χ3n) is 2.24.